The standard InChI is InChI=1S/C12H15N3O/c1-2-10-7-14-15-12(10)11(3-1)13-6-9-4-5-16-8-9/h1-3,7,9,13H,4-6,8H2,(H,14,15). The van der Waals surface area contributed by atoms with Gasteiger partial charge in [0.1, 0.15) is 0 Å². The normalized spacial score (nSPS) is 20.4. The van der Waals surface area contributed by atoms with Gasteiger partial charge in [-0.1, -0.05) is 12.1 Å². The zero-order valence-electron chi connectivity index (χ0n) is 9.07. The van der Waals surface area contributed by atoms with Crippen LogP contribution in [0.1, 0.15) is 6.42 Å². The number of anilines is 1. The van der Waals surface area contributed by atoms with Crippen molar-refractivity contribution >= 4 is 16.6 Å². The molecule has 1 fully saturated rings. The van der Waals surface area contributed by atoms with Gasteiger partial charge in [0.25, 0.3) is 0 Å². The van der Waals surface area contributed by atoms with E-state index < -0.39 is 0 Å². The molecule has 4 heteroatoms. The number of aromatic nitrogens is 2. The Labute approximate surface area is 94.0 Å². The molecule has 0 radical (unpaired) electrons. The Morgan fingerprint density at radius 3 is 3.38 bits per heavy atom. The van der Waals surface area contributed by atoms with E-state index in [0.29, 0.717) is 5.92 Å². The number of benzene rings is 1. The summed E-state index contributed by atoms with van der Waals surface area (Å²) in [5.41, 5.74) is 2.21. The Kier molecular flexibility index (Phi) is 2.50. The van der Waals surface area contributed by atoms with Gasteiger partial charge in [0, 0.05) is 24.5 Å². The van der Waals surface area contributed by atoms with Crippen molar-refractivity contribution in [1.82, 2.24) is 10.2 Å². The molecule has 84 valence electrons. The van der Waals surface area contributed by atoms with Crippen molar-refractivity contribution < 1.29 is 4.74 Å². The molecule has 0 bridgehead atoms. The molecule has 0 saturated carbocycles. The van der Waals surface area contributed by atoms with Crippen LogP contribution in [0.2, 0.25) is 0 Å². The van der Waals surface area contributed by atoms with Crippen LogP contribution in [0.25, 0.3) is 10.9 Å². The molecule has 4 nitrogen and oxygen atoms in total. The third-order valence-electron chi connectivity index (χ3n) is 3.08. The van der Waals surface area contributed by atoms with Crippen LogP contribution in [0.3, 0.4) is 0 Å². The lowest BCUT2D eigenvalue weighted by Gasteiger charge is -2.11. The largest absolute Gasteiger partial charge is 0.383 e. The summed E-state index contributed by atoms with van der Waals surface area (Å²) in [6, 6.07) is 6.18. The van der Waals surface area contributed by atoms with Crippen LogP contribution < -0.4 is 5.32 Å². The first-order valence-electron chi connectivity index (χ1n) is 5.67. The van der Waals surface area contributed by atoms with E-state index in [1.165, 1.54) is 0 Å². The average Bonchev–Trinajstić information content (AvgIpc) is 2.97. The minimum Gasteiger partial charge on any atom is -0.383 e. The molecule has 1 aromatic carbocycles. The number of aromatic amines is 1. The molecule has 1 atom stereocenters. The van der Waals surface area contributed by atoms with Crippen LogP contribution in [0, 0.1) is 5.92 Å². The van der Waals surface area contributed by atoms with Gasteiger partial charge in [0.2, 0.25) is 0 Å². The molecular weight excluding hydrogens is 202 g/mol. The van der Waals surface area contributed by atoms with Crippen molar-refractivity contribution in [3.8, 4) is 0 Å². The molecule has 0 aliphatic carbocycles. The van der Waals surface area contributed by atoms with Crippen molar-refractivity contribution in [1.29, 1.82) is 0 Å². The fourth-order valence-corrected chi connectivity index (χ4v) is 2.11. The molecule has 1 aliphatic heterocycles. The van der Waals surface area contributed by atoms with E-state index in [1.54, 1.807) is 0 Å². The number of H-pyrrole nitrogens is 1. The highest BCUT2D eigenvalue weighted by Crippen LogP contribution is 2.21. The minimum atomic E-state index is 0.637. The number of fused-ring (bicyclic) bond motifs is 1. The monoisotopic (exact) mass is 217 g/mol. The summed E-state index contributed by atoms with van der Waals surface area (Å²) < 4.78 is 5.36. The molecule has 2 heterocycles. The molecule has 2 N–H and O–H groups in total. The highest BCUT2D eigenvalue weighted by Gasteiger charge is 2.15. The summed E-state index contributed by atoms with van der Waals surface area (Å²) in [4.78, 5) is 0. The number of nitrogens with zero attached hydrogens (tertiary/aromatic N) is 1. The lowest BCUT2D eigenvalue weighted by molar-refractivity contribution is 0.187. The first-order valence-corrected chi connectivity index (χ1v) is 5.67. The van der Waals surface area contributed by atoms with Gasteiger partial charge in [-0.25, -0.2) is 0 Å². The Hall–Kier alpha value is -1.55. The van der Waals surface area contributed by atoms with Gasteiger partial charge in [0.15, 0.2) is 0 Å². The lowest BCUT2D eigenvalue weighted by Crippen LogP contribution is -2.14. The molecule has 1 unspecified atom stereocenters. The molecular formula is C12H15N3O. The maximum Gasteiger partial charge on any atom is 0.0881 e. The highest BCUT2D eigenvalue weighted by molar-refractivity contribution is 5.89. The van der Waals surface area contributed by atoms with Gasteiger partial charge in [-0.15, -0.1) is 0 Å². The summed E-state index contributed by atoms with van der Waals surface area (Å²) in [6.45, 7) is 2.75. The Morgan fingerprint density at radius 1 is 1.50 bits per heavy atom. The van der Waals surface area contributed by atoms with E-state index in [-0.39, 0.29) is 0 Å². The van der Waals surface area contributed by atoms with Gasteiger partial charge in [-0.2, -0.15) is 5.10 Å². The first kappa shape index (κ1) is 9.66. The fourth-order valence-electron chi connectivity index (χ4n) is 2.11. The molecule has 3 rings (SSSR count). The molecule has 1 aliphatic rings. The Morgan fingerprint density at radius 2 is 2.50 bits per heavy atom. The number of nitrogens with one attached hydrogen (secondary N) is 2. The van der Waals surface area contributed by atoms with Crippen LogP contribution in [0.15, 0.2) is 24.4 Å². The van der Waals surface area contributed by atoms with Crippen molar-refractivity contribution in [3.05, 3.63) is 24.4 Å². The summed E-state index contributed by atoms with van der Waals surface area (Å²) in [6.07, 6.45) is 3.01. The van der Waals surface area contributed by atoms with Gasteiger partial charge < -0.3 is 10.1 Å². The molecule has 0 amide bonds. The van der Waals surface area contributed by atoms with Crippen molar-refractivity contribution in [2.45, 2.75) is 6.42 Å². The summed E-state index contributed by atoms with van der Waals surface area (Å²) >= 11 is 0. The average molecular weight is 217 g/mol. The quantitative estimate of drug-likeness (QED) is 0.826. The van der Waals surface area contributed by atoms with E-state index in [0.717, 1.165) is 42.8 Å². The predicted octanol–water partition coefficient (Wildman–Crippen LogP) is 2.01. The van der Waals surface area contributed by atoms with E-state index in [9.17, 15) is 0 Å². The van der Waals surface area contributed by atoms with Crippen molar-refractivity contribution in [3.63, 3.8) is 0 Å². The van der Waals surface area contributed by atoms with Crippen molar-refractivity contribution in [2.24, 2.45) is 5.92 Å². The van der Waals surface area contributed by atoms with Crippen LogP contribution >= 0.6 is 0 Å². The number of hydrogen-bond donors (Lipinski definition) is 2. The minimum absolute atomic E-state index is 0.637. The molecule has 0 spiro atoms. The number of para-hydroxylation sites is 1. The molecule has 16 heavy (non-hydrogen) atoms. The second-order valence-electron chi connectivity index (χ2n) is 4.25. The first-order chi connectivity index (χ1) is 7.93. The smallest absolute Gasteiger partial charge is 0.0881 e. The number of hydrogen-bond acceptors (Lipinski definition) is 3. The number of rotatable bonds is 3. The van der Waals surface area contributed by atoms with Gasteiger partial charge in [0.05, 0.1) is 24.0 Å². The Bertz CT molecular complexity index is 474. The van der Waals surface area contributed by atoms with Crippen molar-refractivity contribution in [2.75, 3.05) is 25.1 Å². The van der Waals surface area contributed by atoms with Crippen LogP contribution in [-0.2, 0) is 4.74 Å². The second kappa shape index (κ2) is 4.14. The third kappa shape index (κ3) is 1.76. The SMILES string of the molecule is c1cc(NCC2CCOC2)c2[nH]ncc2c1. The summed E-state index contributed by atoms with van der Waals surface area (Å²) in [5, 5.41) is 11.7. The van der Waals surface area contributed by atoms with Crippen LogP contribution in [0.5, 0.6) is 0 Å². The maximum atomic E-state index is 5.36. The highest BCUT2D eigenvalue weighted by atomic mass is 16.5. The lowest BCUT2D eigenvalue weighted by atomic mass is 10.1. The third-order valence-corrected chi connectivity index (χ3v) is 3.08. The van der Waals surface area contributed by atoms with E-state index in [4.69, 9.17) is 4.74 Å². The topological polar surface area (TPSA) is 49.9 Å². The van der Waals surface area contributed by atoms with Crippen LogP contribution in [0.4, 0.5) is 5.69 Å². The summed E-state index contributed by atoms with van der Waals surface area (Å²) in [7, 11) is 0. The summed E-state index contributed by atoms with van der Waals surface area (Å²) in [5.74, 6) is 0.637. The fraction of sp³-hybridized carbons (Fsp3) is 0.417. The second-order valence-corrected chi connectivity index (χ2v) is 4.25. The zero-order valence-corrected chi connectivity index (χ0v) is 9.07. The van der Waals surface area contributed by atoms with Gasteiger partial charge in [-0.3, -0.25) is 5.10 Å². The van der Waals surface area contributed by atoms with E-state index in [2.05, 4.69) is 27.6 Å². The number of ether oxygens (including phenoxy) is 1. The molecule has 1 saturated heterocycles. The van der Waals surface area contributed by atoms with Gasteiger partial charge >= 0.3 is 0 Å². The van der Waals surface area contributed by atoms with Crippen LogP contribution in [-0.4, -0.2) is 30.0 Å². The van der Waals surface area contributed by atoms with E-state index >= 15 is 0 Å². The van der Waals surface area contributed by atoms with Gasteiger partial charge in [-0.05, 0) is 12.5 Å². The zero-order chi connectivity index (χ0) is 10.8. The Balaban J connectivity index is 1.75. The molecule has 1 aromatic heterocycles. The predicted molar refractivity (Wildman–Crippen MR) is 63.5 cm³/mol. The maximum absolute atomic E-state index is 5.36. The molecule has 2 aromatic rings. The van der Waals surface area contributed by atoms with E-state index in [1.807, 2.05) is 12.3 Å².